The first-order chi connectivity index (χ1) is 4.22. The van der Waals surface area contributed by atoms with E-state index in [9.17, 15) is 4.39 Å². The van der Waals surface area contributed by atoms with Crippen LogP contribution in [0.4, 0.5) is 4.39 Å². The van der Waals surface area contributed by atoms with Gasteiger partial charge in [0.05, 0.1) is 0 Å². The topological polar surface area (TPSA) is 12.0 Å². The molecule has 9 heavy (non-hydrogen) atoms. The van der Waals surface area contributed by atoms with Crippen LogP contribution in [-0.2, 0) is 0 Å². The molecule has 2 heteroatoms. The van der Waals surface area contributed by atoms with E-state index in [4.69, 9.17) is 0 Å². The van der Waals surface area contributed by atoms with Gasteiger partial charge >= 0.3 is 0 Å². The van der Waals surface area contributed by atoms with E-state index in [1.54, 1.807) is 0 Å². The molecule has 0 spiro atoms. The molecule has 0 saturated carbocycles. The summed E-state index contributed by atoms with van der Waals surface area (Å²) < 4.78 is 12.7. The van der Waals surface area contributed by atoms with Crippen molar-refractivity contribution in [1.82, 2.24) is 5.32 Å². The van der Waals surface area contributed by atoms with Gasteiger partial charge in [0.1, 0.15) is 6.17 Å². The molecule has 0 aromatic rings. The van der Waals surface area contributed by atoms with Crippen molar-refractivity contribution >= 4 is 0 Å². The summed E-state index contributed by atoms with van der Waals surface area (Å²) in [7, 11) is 0. The van der Waals surface area contributed by atoms with Crippen LogP contribution in [0.1, 0.15) is 27.2 Å². The minimum absolute atomic E-state index is 0.0139. The molecule has 0 aromatic heterocycles. The second kappa shape index (κ2) is 4.74. The van der Waals surface area contributed by atoms with Gasteiger partial charge in [-0.2, -0.15) is 0 Å². The lowest BCUT2D eigenvalue weighted by Gasteiger charge is -2.14. The Bertz CT molecular complexity index is 65.9. The summed E-state index contributed by atoms with van der Waals surface area (Å²) in [5, 5.41) is 3.02. The largest absolute Gasteiger partial charge is 0.312 e. The Hall–Kier alpha value is -0.110. The van der Waals surface area contributed by atoms with E-state index in [1.807, 2.05) is 20.8 Å². The maximum atomic E-state index is 12.7. The van der Waals surface area contributed by atoms with Gasteiger partial charge in [0.25, 0.3) is 0 Å². The van der Waals surface area contributed by atoms with Crippen LogP contribution in [0.25, 0.3) is 0 Å². The first-order valence-electron chi connectivity index (χ1n) is 3.59. The van der Waals surface area contributed by atoms with Crippen molar-refractivity contribution in [3.63, 3.8) is 0 Å². The van der Waals surface area contributed by atoms with E-state index >= 15 is 0 Å². The Labute approximate surface area is 56.6 Å². The molecule has 0 bridgehead atoms. The zero-order valence-corrected chi connectivity index (χ0v) is 6.45. The second-order valence-electron chi connectivity index (χ2n) is 2.27. The highest BCUT2D eigenvalue weighted by molar-refractivity contribution is 4.68. The summed E-state index contributed by atoms with van der Waals surface area (Å²) in [5.41, 5.74) is 0. The number of hydrogen-bond donors (Lipinski definition) is 1. The Kier molecular flexibility index (Phi) is 4.68. The van der Waals surface area contributed by atoms with Crippen molar-refractivity contribution in [2.45, 2.75) is 39.4 Å². The first kappa shape index (κ1) is 8.89. The number of nitrogens with one attached hydrogen (secondary N) is 1. The molecule has 0 aliphatic carbocycles. The number of alkyl halides is 1. The summed E-state index contributed by atoms with van der Waals surface area (Å²) >= 11 is 0. The number of halogens is 1. The predicted octanol–water partition coefficient (Wildman–Crippen LogP) is 1.73. The van der Waals surface area contributed by atoms with E-state index < -0.39 is 6.17 Å². The van der Waals surface area contributed by atoms with Gasteiger partial charge < -0.3 is 5.32 Å². The van der Waals surface area contributed by atoms with E-state index in [0.717, 1.165) is 6.54 Å². The Morgan fingerprint density at radius 3 is 2.33 bits per heavy atom. The van der Waals surface area contributed by atoms with E-state index in [0.29, 0.717) is 6.42 Å². The van der Waals surface area contributed by atoms with Gasteiger partial charge in [-0.05, 0) is 19.9 Å². The van der Waals surface area contributed by atoms with Gasteiger partial charge in [0, 0.05) is 6.04 Å². The molecular formula is C7H16FN. The van der Waals surface area contributed by atoms with Gasteiger partial charge in [-0.3, -0.25) is 0 Å². The molecule has 0 aromatic carbocycles. The third kappa shape index (κ3) is 3.46. The molecule has 0 aliphatic rings. The molecule has 0 amide bonds. The molecular weight excluding hydrogens is 117 g/mol. The maximum Gasteiger partial charge on any atom is 0.115 e. The molecule has 0 aliphatic heterocycles. The second-order valence-corrected chi connectivity index (χ2v) is 2.27. The lowest BCUT2D eigenvalue weighted by atomic mass is 10.1. The lowest BCUT2D eigenvalue weighted by molar-refractivity contribution is 0.255. The molecule has 0 unspecified atom stereocenters. The van der Waals surface area contributed by atoms with Crippen LogP contribution >= 0.6 is 0 Å². The Morgan fingerprint density at radius 2 is 2.00 bits per heavy atom. The van der Waals surface area contributed by atoms with Gasteiger partial charge in [-0.25, -0.2) is 4.39 Å². The van der Waals surface area contributed by atoms with E-state index in [1.165, 1.54) is 0 Å². The van der Waals surface area contributed by atoms with Crippen molar-refractivity contribution in [3.8, 4) is 0 Å². The highest BCUT2D eigenvalue weighted by Crippen LogP contribution is 2.01. The standard InChI is InChI=1S/C7H16FN/c1-4-7(8)6(3)9-5-2/h6-7,9H,4-5H2,1-3H3/t6-,7-/m0/s1. The van der Waals surface area contributed by atoms with Crippen molar-refractivity contribution in [2.24, 2.45) is 0 Å². The minimum atomic E-state index is -0.690. The molecule has 0 rings (SSSR count). The third-order valence-electron chi connectivity index (χ3n) is 1.46. The minimum Gasteiger partial charge on any atom is -0.312 e. The van der Waals surface area contributed by atoms with Gasteiger partial charge in [0.2, 0.25) is 0 Å². The first-order valence-corrected chi connectivity index (χ1v) is 3.59. The zero-order chi connectivity index (χ0) is 7.28. The quantitative estimate of drug-likeness (QED) is 0.616. The highest BCUT2D eigenvalue weighted by atomic mass is 19.1. The fourth-order valence-electron chi connectivity index (χ4n) is 0.803. The van der Waals surface area contributed by atoms with E-state index in [-0.39, 0.29) is 6.04 Å². The number of rotatable bonds is 4. The summed E-state index contributed by atoms with van der Waals surface area (Å²) in [6.07, 6.45) is -0.0845. The van der Waals surface area contributed by atoms with Crippen LogP contribution in [0.2, 0.25) is 0 Å². The average molecular weight is 133 g/mol. The summed E-state index contributed by atoms with van der Waals surface area (Å²) in [6, 6.07) is 0.0139. The van der Waals surface area contributed by atoms with Gasteiger partial charge in [0.15, 0.2) is 0 Å². The molecule has 0 radical (unpaired) electrons. The molecule has 0 heterocycles. The molecule has 2 atom stereocenters. The van der Waals surface area contributed by atoms with Crippen LogP contribution in [0.5, 0.6) is 0 Å². The fourth-order valence-corrected chi connectivity index (χ4v) is 0.803. The van der Waals surface area contributed by atoms with Crippen molar-refractivity contribution in [2.75, 3.05) is 6.54 Å². The lowest BCUT2D eigenvalue weighted by Crippen LogP contribution is -2.34. The van der Waals surface area contributed by atoms with Crippen LogP contribution in [0, 0.1) is 0 Å². The van der Waals surface area contributed by atoms with Gasteiger partial charge in [-0.1, -0.05) is 13.8 Å². The molecule has 1 nitrogen and oxygen atoms in total. The Morgan fingerprint density at radius 1 is 1.44 bits per heavy atom. The number of hydrogen-bond acceptors (Lipinski definition) is 1. The smallest absolute Gasteiger partial charge is 0.115 e. The van der Waals surface area contributed by atoms with Crippen molar-refractivity contribution < 1.29 is 4.39 Å². The Balaban J connectivity index is 3.32. The monoisotopic (exact) mass is 133 g/mol. The van der Waals surface area contributed by atoms with Crippen molar-refractivity contribution in [3.05, 3.63) is 0 Å². The van der Waals surface area contributed by atoms with Crippen LogP contribution < -0.4 is 5.32 Å². The third-order valence-corrected chi connectivity index (χ3v) is 1.46. The van der Waals surface area contributed by atoms with Crippen molar-refractivity contribution in [1.29, 1.82) is 0 Å². The van der Waals surface area contributed by atoms with Crippen LogP contribution in [-0.4, -0.2) is 18.8 Å². The molecule has 0 saturated heterocycles. The normalized spacial score (nSPS) is 17.3. The average Bonchev–Trinajstić information content (AvgIpc) is 1.87. The maximum absolute atomic E-state index is 12.7. The molecule has 0 fully saturated rings. The van der Waals surface area contributed by atoms with Gasteiger partial charge in [-0.15, -0.1) is 0 Å². The molecule has 1 N–H and O–H groups in total. The highest BCUT2D eigenvalue weighted by Gasteiger charge is 2.10. The fraction of sp³-hybridized carbons (Fsp3) is 1.00. The predicted molar refractivity (Wildman–Crippen MR) is 38.3 cm³/mol. The summed E-state index contributed by atoms with van der Waals surface area (Å²) in [5.74, 6) is 0. The van der Waals surface area contributed by atoms with Crippen LogP contribution in [0.15, 0.2) is 0 Å². The van der Waals surface area contributed by atoms with Crippen LogP contribution in [0.3, 0.4) is 0 Å². The van der Waals surface area contributed by atoms with E-state index in [2.05, 4.69) is 5.32 Å². The summed E-state index contributed by atoms with van der Waals surface area (Å²) in [4.78, 5) is 0. The zero-order valence-electron chi connectivity index (χ0n) is 6.45. The molecule has 56 valence electrons. The summed E-state index contributed by atoms with van der Waals surface area (Å²) in [6.45, 7) is 6.57. The SMILES string of the molecule is CCN[C@@H](C)[C@@H](F)CC.